The van der Waals surface area contributed by atoms with E-state index in [4.69, 9.17) is 4.80 Å². The Hall–Kier alpha value is 2.06. The number of hydrogen-bond acceptors (Lipinski definition) is 4. The van der Waals surface area contributed by atoms with Crippen molar-refractivity contribution in [2.24, 2.45) is 0 Å². The standard InChI is InChI=1S/CH4O4Si.2Na/c1-5-6(2,3)4;;/h2H,1H3;;/q-2;2*+1. The molecule has 0 amide bonds. The van der Waals surface area contributed by atoms with Gasteiger partial charge in [-0.1, -0.05) is 0 Å². The van der Waals surface area contributed by atoms with E-state index in [1.54, 1.807) is 0 Å². The number of hydrogen-bond donors (Lipinski definition) is 1. The van der Waals surface area contributed by atoms with Crippen molar-refractivity contribution < 1.29 is 77.9 Å². The molecule has 0 aromatic rings. The van der Waals surface area contributed by atoms with Crippen LogP contribution in [0.25, 0.3) is 0 Å². The molecular weight excluding hydrogens is 150 g/mol. The van der Waals surface area contributed by atoms with Crippen LogP contribution in [0.1, 0.15) is 0 Å². The van der Waals surface area contributed by atoms with E-state index in [0.29, 0.717) is 0 Å². The zero-order valence-corrected chi connectivity index (χ0v) is 10.2. The second-order valence-electron chi connectivity index (χ2n) is 0.728. The summed E-state index contributed by atoms with van der Waals surface area (Å²) in [5, 5.41) is 0. The van der Waals surface area contributed by atoms with Gasteiger partial charge in [-0.25, -0.2) is 0 Å². The number of rotatable bonds is 1. The van der Waals surface area contributed by atoms with E-state index in [-0.39, 0.29) is 59.1 Å². The first kappa shape index (κ1) is 16.6. The van der Waals surface area contributed by atoms with Gasteiger partial charge in [0.05, 0.1) is 0 Å². The smallest absolute Gasteiger partial charge is 0.828 e. The molecule has 0 radical (unpaired) electrons. The average Bonchev–Trinajstić information content (AvgIpc) is 1.35. The van der Waals surface area contributed by atoms with Crippen LogP contribution >= 0.6 is 0 Å². The summed E-state index contributed by atoms with van der Waals surface area (Å²) in [5.41, 5.74) is 0. The third-order valence-corrected chi connectivity index (χ3v) is 0.774. The Labute approximate surface area is 92.9 Å². The zero-order chi connectivity index (χ0) is 5.21. The molecule has 0 aliphatic carbocycles. The van der Waals surface area contributed by atoms with Crippen molar-refractivity contribution in [3.05, 3.63) is 0 Å². The van der Waals surface area contributed by atoms with Crippen LogP contribution in [0, 0.1) is 0 Å². The summed E-state index contributed by atoms with van der Waals surface area (Å²) in [6.07, 6.45) is 0. The fourth-order valence-corrected chi connectivity index (χ4v) is 0. The molecule has 4 nitrogen and oxygen atoms in total. The van der Waals surface area contributed by atoms with Crippen LogP contribution in [0.3, 0.4) is 0 Å². The normalized spacial score (nSPS) is 9.00. The summed E-state index contributed by atoms with van der Waals surface area (Å²) in [5.74, 6) is 0. The first-order valence-electron chi connectivity index (χ1n) is 1.24. The van der Waals surface area contributed by atoms with Crippen LogP contribution < -0.4 is 68.7 Å². The molecule has 0 unspecified atom stereocenters. The van der Waals surface area contributed by atoms with Gasteiger partial charge in [-0.2, -0.15) is 0 Å². The fraction of sp³-hybridized carbons (Fsp3) is 1.00. The maximum Gasteiger partial charge on any atom is 1.00 e. The predicted molar refractivity (Wildman–Crippen MR) is 15.0 cm³/mol. The Morgan fingerprint density at radius 2 is 1.50 bits per heavy atom. The van der Waals surface area contributed by atoms with Gasteiger partial charge in [0.2, 0.25) is 0 Å². The molecule has 0 saturated carbocycles. The molecule has 1 N–H and O–H groups in total. The SMILES string of the molecule is CO[Si]([O-])([O-])O.[Na+].[Na+]. The van der Waals surface area contributed by atoms with Gasteiger partial charge in [0, 0.05) is 7.11 Å². The van der Waals surface area contributed by atoms with E-state index >= 15 is 0 Å². The van der Waals surface area contributed by atoms with Gasteiger partial charge in [-0.05, 0) is 0 Å². The zero-order valence-electron chi connectivity index (χ0n) is 5.17. The Kier molecular flexibility index (Phi) is 14.8. The molecular formula is CH4Na2O4Si. The van der Waals surface area contributed by atoms with E-state index in [9.17, 15) is 9.59 Å². The Morgan fingerprint density at radius 3 is 1.50 bits per heavy atom. The van der Waals surface area contributed by atoms with Gasteiger partial charge >= 0.3 is 59.1 Å². The van der Waals surface area contributed by atoms with Gasteiger partial charge in [-0.3, -0.25) is 0 Å². The summed E-state index contributed by atoms with van der Waals surface area (Å²) in [7, 11) is -3.74. The summed E-state index contributed by atoms with van der Waals surface area (Å²) < 4.78 is 3.52. The average molecular weight is 154 g/mol. The van der Waals surface area contributed by atoms with Crippen molar-refractivity contribution in [1.82, 2.24) is 0 Å². The maximum atomic E-state index is 9.39. The van der Waals surface area contributed by atoms with Crippen molar-refractivity contribution in [2.75, 3.05) is 7.11 Å². The maximum absolute atomic E-state index is 9.39. The van der Waals surface area contributed by atoms with E-state index in [1.165, 1.54) is 0 Å². The first-order chi connectivity index (χ1) is 2.56. The minimum absolute atomic E-state index is 0. The van der Waals surface area contributed by atoms with Crippen molar-refractivity contribution in [3.8, 4) is 0 Å². The molecule has 0 fully saturated rings. The third-order valence-electron chi connectivity index (χ3n) is 0.258. The largest absolute Gasteiger partial charge is 1.00 e. The summed E-state index contributed by atoms with van der Waals surface area (Å²) in [6, 6.07) is 0. The Bertz CT molecular complexity index is 43.8. The predicted octanol–water partition coefficient (Wildman–Crippen LogP) is -9.21. The Morgan fingerprint density at radius 1 is 1.38 bits per heavy atom. The van der Waals surface area contributed by atoms with Gasteiger partial charge in [0.15, 0.2) is 0 Å². The van der Waals surface area contributed by atoms with E-state index in [0.717, 1.165) is 7.11 Å². The van der Waals surface area contributed by atoms with Crippen LogP contribution in [-0.4, -0.2) is 21.0 Å². The van der Waals surface area contributed by atoms with Gasteiger partial charge < -0.3 is 18.8 Å². The molecule has 0 aromatic heterocycles. The third kappa shape index (κ3) is 15.7. The molecule has 0 aliphatic heterocycles. The first-order valence-corrected chi connectivity index (χ1v) is 2.92. The molecule has 0 rings (SSSR count). The van der Waals surface area contributed by atoms with Crippen molar-refractivity contribution in [1.29, 1.82) is 0 Å². The molecule has 0 aromatic carbocycles. The molecule has 0 aliphatic rings. The van der Waals surface area contributed by atoms with Crippen LogP contribution in [0.5, 0.6) is 0 Å². The molecule has 7 heteroatoms. The monoisotopic (exact) mass is 154 g/mol. The van der Waals surface area contributed by atoms with Crippen LogP contribution in [0.2, 0.25) is 0 Å². The van der Waals surface area contributed by atoms with Crippen molar-refractivity contribution in [3.63, 3.8) is 0 Å². The molecule has 8 heavy (non-hydrogen) atoms. The van der Waals surface area contributed by atoms with Gasteiger partial charge in [0.25, 0.3) is 0 Å². The Balaban J connectivity index is -0.000000125. The quantitative estimate of drug-likeness (QED) is 0.380. The van der Waals surface area contributed by atoms with E-state index in [2.05, 4.69) is 4.43 Å². The minimum Gasteiger partial charge on any atom is -0.828 e. The van der Waals surface area contributed by atoms with E-state index < -0.39 is 9.05 Å². The van der Waals surface area contributed by atoms with Crippen molar-refractivity contribution in [2.45, 2.75) is 0 Å². The van der Waals surface area contributed by atoms with Crippen LogP contribution in [-0.2, 0) is 4.43 Å². The fourth-order valence-electron chi connectivity index (χ4n) is 0. The van der Waals surface area contributed by atoms with Crippen LogP contribution in [0.15, 0.2) is 0 Å². The van der Waals surface area contributed by atoms with Gasteiger partial charge in [0.1, 0.15) is 9.05 Å². The molecule has 0 heterocycles. The van der Waals surface area contributed by atoms with Gasteiger partial charge in [-0.15, -0.1) is 0 Å². The molecule has 38 valence electrons. The minimum atomic E-state index is -4.63. The summed E-state index contributed by atoms with van der Waals surface area (Å²) in [4.78, 5) is 26.4. The molecule has 0 bridgehead atoms. The summed E-state index contributed by atoms with van der Waals surface area (Å²) >= 11 is 0. The van der Waals surface area contributed by atoms with E-state index in [1.807, 2.05) is 0 Å². The molecule has 0 saturated heterocycles. The molecule has 0 atom stereocenters. The van der Waals surface area contributed by atoms with Crippen LogP contribution in [0.4, 0.5) is 0 Å². The topological polar surface area (TPSA) is 75.6 Å². The summed E-state index contributed by atoms with van der Waals surface area (Å²) in [6.45, 7) is 0. The second-order valence-corrected chi connectivity index (χ2v) is 2.18. The van der Waals surface area contributed by atoms with Crippen molar-refractivity contribution >= 4 is 9.05 Å². The molecule has 0 spiro atoms. The second kappa shape index (κ2) is 7.17.